The number of ether oxygens (including phenoxy) is 1. The van der Waals surface area contributed by atoms with Crippen molar-refractivity contribution in [2.75, 3.05) is 26.5 Å². The number of carbonyl (C=O) groups excluding carboxylic acids is 1. The van der Waals surface area contributed by atoms with E-state index in [9.17, 15) is 13.2 Å². The van der Waals surface area contributed by atoms with Gasteiger partial charge in [-0.25, -0.2) is 18.1 Å². The number of likely N-dealkylation sites (tertiary alicyclic amines) is 1. The third-order valence-corrected chi connectivity index (χ3v) is 4.88. The summed E-state index contributed by atoms with van der Waals surface area (Å²) >= 11 is 0. The Morgan fingerprint density at radius 2 is 2.12 bits per heavy atom. The van der Waals surface area contributed by atoms with E-state index in [1.165, 1.54) is 7.11 Å². The van der Waals surface area contributed by atoms with Crippen LogP contribution in [0.1, 0.15) is 18.3 Å². The Hall–Kier alpha value is -2.30. The zero-order valence-electron chi connectivity index (χ0n) is 14.5. The lowest BCUT2D eigenvalue weighted by atomic mass is 10.1. The van der Waals surface area contributed by atoms with Gasteiger partial charge < -0.3 is 9.64 Å². The van der Waals surface area contributed by atoms with Crippen LogP contribution in [0, 0.1) is 0 Å². The minimum atomic E-state index is -3.38. The number of H-pyrrole nitrogens is 1. The van der Waals surface area contributed by atoms with Crippen LogP contribution in [0.15, 0.2) is 30.3 Å². The van der Waals surface area contributed by atoms with Crippen molar-refractivity contribution in [2.24, 2.45) is 0 Å². The molecule has 0 bridgehead atoms. The van der Waals surface area contributed by atoms with Gasteiger partial charge in [0.25, 0.3) is 0 Å². The highest BCUT2D eigenvalue weighted by atomic mass is 32.2. The van der Waals surface area contributed by atoms with Crippen LogP contribution in [-0.4, -0.2) is 67.0 Å². The fourth-order valence-electron chi connectivity index (χ4n) is 3.11. The molecular weight excluding hydrogens is 358 g/mol. The Kier molecular flexibility index (Phi) is 5.35. The highest BCUT2D eigenvalue weighted by Crippen LogP contribution is 2.31. The molecule has 0 radical (unpaired) electrons. The van der Waals surface area contributed by atoms with Crippen molar-refractivity contribution in [2.45, 2.75) is 18.5 Å². The summed E-state index contributed by atoms with van der Waals surface area (Å²) in [5.74, 6) is 0.818. The molecule has 1 fully saturated rings. The number of aromatic amines is 1. The second-order valence-corrected chi connectivity index (χ2v) is 8.01. The van der Waals surface area contributed by atoms with Gasteiger partial charge in [-0.1, -0.05) is 30.3 Å². The molecule has 1 aromatic heterocycles. The predicted molar refractivity (Wildman–Crippen MR) is 94.5 cm³/mol. The molecule has 3 rings (SSSR count). The molecular formula is C16H21N5O4S. The van der Waals surface area contributed by atoms with Crippen molar-refractivity contribution >= 4 is 15.9 Å². The van der Waals surface area contributed by atoms with E-state index in [4.69, 9.17) is 4.74 Å². The molecule has 0 aliphatic carbocycles. The Bertz CT molecular complexity index is 868. The maximum absolute atomic E-state index is 12.4. The highest BCUT2D eigenvalue weighted by Gasteiger charge is 2.39. The van der Waals surface area contributed by atoms with E-state index < -0.39 is 16.1 Å². The Morgan fingerprint density at radius 1 is 1.38 bits per heavy atom. The standard InChI is InChI=1S/C16H21N5O4S/c1-25-10-14(22)21-9-12(20-26(2,23)24)8-13(21)16-17-15(18-19-16)11-6-4-3-5-7-11/h3-7,12-13,20H,8-10H2,1-2H3,(H,17,18,19). The van der Waals surface area contributed by atoms with Crippen molar-refractivity contribution in [1.29, 1.82) is 0 Å². The molecule has 2 aromatic rings. The number of aromatic nitrogens is 3. The predicted octanol–water partition coefficient (Wildman–Crippen LogP) is 0.309. The van der Waals surface area contributed by atoms with Gasteiger partial charge in [0.1, 0.15) is 12.4 Å². The zero-order chi connectivity index (χ0) is 18.7. The van der Waals surface area contributed by atoms with Gasteiger partial charge in [0, 0.05) is 25.3 Å². The molecule has 10 heteroatoms. The van der Waals surface area contributed by atoms with Gasteiger partial charge >= 0.3 is 0 Å². The summed E-state index contributed by atoms with van der Waals surface area (Å²) in [6.07, 6.45) is 1.51. The van der Waals surface area contributed by atoms with Crippen LogP contribution < -0.4 is 4.72 Å². The van der Waals surface area contributed by atoms with Crippen LogP contribution in [0.3, 0.4) is 0 Å². The molecule has 0 saturated carbocycles. The minimum Gasteiger partial charge on any atom is -0.375 e. The summed E-state index contributed by atoms with van der Waals surface area (Å²) in [6, 6.07) is 8.68. The second kappa shape index (κ2) is 7.52. The number of nitrogens with zero attached hydrogens (tertiary/aromatic N) is 3. The zero-order valence-corrected chi connectivity index (χ0v) is 15.4. The van der Waals surface area contributed by atoms with Crippen LogP contribution in [0.2, 0.25) is 0 Å². The third-order valence-electron chi connectivity index (χ3n) is 4.12. The number of amides is 1. The Morgan fingerprint density at radius 3 is 2.77 bits per heavy atom. The molecule has 2 N–H and O–H groups in total. The van der Waals surface area contributed by atoms with Gasteiger partial charge in [0.05, 0.1) is 12.3 Å². The van der Waals surface area contributed by atoms with E-state index in [0.717, 1.165) is 11.8 Å². The number of rotatable bonds is 6. The van der Waals surface area contributed by atoms with Crippen LogP contribution in [0.4, 0.5) is 0 Å². The fourth-order valence-corrected chi connectivity index (χ4v) is 3.88. The molecule has 1 saturated heterocycles. The highest BCUT2D eigenvalue weighted by molar-refractivity contribution is 7.88. The number of benzene rings is 1. The first kappa shape index (κ1) is 18.5. The fraction of sp³-hybridized carbons (Fsp3) is 0.438. The lowest BCUT2D eigenvalue weighted by Crippen LogP contribution is -2.39. The van der Waals surface area contributed by atoms with Crippen LogP contribution in [0.25, 0.3) is 11.4 Å². The monoisotopic (exact) mass is 379 g/mol. The molecule has 0 spiro atoms. The number of hydrogen-bond donors (Lipinski definition) is 2. The first-order valence-electron chi connectivity index (χ1n) is 8.11. The number of hydrogen-bond acceptors (Lipinski definition) is 6. The minimum absolute atomic E-state index is 0.0816. The van der Waals surface area contributed by atoms with Gasteiger partial charge in [-0.15, -0.1) is 0 Å². The van der Waals surface area contributed by atoms with Gasteiger partial charge in [-0.2, -0.15) is 5.10 Å². The van der Waals surface area contributed by atoms with Gasteiger partial charge in [-0.05, 0) is 6.42 Å². The summed E-state index contributed by atoms with van der Waals surface area (Å²) in [5, 5.41) is 7.11. The lowest BCUT2D eigenvalue weighted by molar-refractivity contribution is -0.136. The van der Waals surface area contributed by atoms with Gasteiger partial charge in [0.15, 0.2) is 5.82 Å². The van der Waals surface area contributed by atoms with E-state index in [2.05, 4.69) is 19.9 Å². The van der Waals surface area contributed by atoms with Crippen molar-refractivity contribution in [3.8, 4) is 11.4 Å². The normalized spacial score (nSPS) is 20.5. The van der Waals surface area contributed by atoms with Crippen LogP contribution in [0.5, 0.6) is 0 Å². The van der Waals surface area contributed by atoms with Crippen LogP contribution >= 0.6 is 0 Å². The molecule has 9 nitrogen and oxygen atoms in total. The average Bonchev–Trinajstić information content (AvgIpc) is 3.21. The first-order chi connectivity index (χ1) is 12.4. The Labute approximate surface area is 151 Å². The van der Waals surface area contributed by atoms with E-state index >= 15 is 0 Å². The average molecular weight is 379 g/mol. The van der Waals surface area contributed by atoms with Crippen molar-refractivity contribution in [1.82, 2.24) is 24.8 Å². The van der Waals surface area contributed by atoms with Crippen molar-refractivity contribution in [3.05, 3.63) is 36.2 Å². The summed E-state index contributed by atoms with van der Waals surface area (Å²) < 4.78 is 30.6. The molecule has 26 heavy (non-hydrogen) atoms. The molecule has 2 heterocycles. The molecule has 1 aliphatic rings. The van der Waals surface area contributed by atoms with Crippen molar-refractivity contribution < 1.29 is 17.9 Å². The maximum Gasteiger partial charge on any atom is 0.249 e. The lowest BCUT2D eigenvalue weighted by Gasteiger charge is -2.22. The Balaban J connectivity index is 1.85. The van der Waals surface area contributed by atoms with E-state index in [0.29, 0.717) is 18.1 Å². The summed E-state index contributed by atoms with van der Waals surface area (Å²) in [5.41, 5.74) is 0.855. The van der Waals surface area contributed by atoms with Gasteiger partial charge in [0.2, 0.25) is 15.9 Å². The summed E-state index contributed by atoms with van der Waals surface area (Å²) in [7, 11) is -1.94. The SMILES string of the molecule is COCC(=O)N1CC(NS(C)(=O)=O)CC1c1nc(-c2ccccc2)n[nH]1. The molecule has 2 unspecified atom stereocenters. The van der Waals surface area contributed by atoms with Crippen molar-refractivity contribution in [3.63, 3.8) is 0 Å². The molecule has 140 valence electrons. The quantitative estimate of drug-likeness (QED) is 0.746. The largest absolute Gasteiger partial charge is 0.375 e. The molecule has 1 aliphatic heterocycles. The first-order valence-corrected chi connectivity index (χ1v) is 10.00. The third kappa shape index (κ3) is 4.26. The van der Waals surface area contributed by atoms with E-state index in [-0.39, 0.29) is 25.1 Å². The second-order valence-electron chi connectivity index (χ2n) is 6.23. The number of nitrogens with one attached hydrogen (secondary N) is 2. The molecule has 1 amide bonds. The molecule has 2 atom stereocenters. The van der Waals surface area contributed by atoms with E-state index in [1.54, 1.807) is 4.90 Å². The number of methoxy groups -OCH3 is 1. The number of carbonyl (C=O) groups is 1. The topological polar surface area (TPSA) is 117 Å². The summed E-state index contributed by atoms with van der Waals surface area (Å²) in [6.45, 7) is 0.170. The van der Waals surface area contributed by atoms with E-state index in [1.807, 2.05) is 30.3 Å². The van der Waals surface area contributed by atoms with Gasteiger partial charge in [-0.3, -0.25) is 9.89 Å². The summed E-state index contributed by atoms with van der Waals surface area (Å²) in [4.78, 5) is 18.5. The number of sulfonamides is 1. The smallest absolute Gasteiger partial charge is 0.249 e. The molecule has 1 aromatic carbocycles. The van der Waals surface area contributed by atoms with Crippen LogP contribution in [-0.2, 0) is 19.6 Å². The maximum atomic E-state index is 12.4.